The summed E-state index contributed by atoms with van der Waals surface area (Å²) >= 11 is 0. The molecule has 3 heteroatoms. The molecule has 1 aromatic carbocycles. The first kappa shape index (κ1) is 12.8. The second-order valence-electron chi connectivity index (χ2n) is 5.12. The lowest BCUT2D eigenvalue weighted by Gasteiger charge is -2.17. The number of aryl methyl sites for hydroxylation is 1. The van der Waals surface area contributed by atoms with Gasteiger partial charge in [-0.2, -0.15) is 0 Å². The van der Waals surface area contributed by atoms with Crippen molar-refractivity contribution in [3.05, 3.63) is 35.5 Å². The van der Waals surface area contributed by atoms with Crippen LogP contribution >= 0.6 is 0 Å². The molecule has 0 aliphatic carbocycles. The normalized spacial score (nSPS) is 13.2. The lowest BCUT2D eigenvalue weighted by molar-refractivity contribution is 0.0893. The van der Waals surface area contributed by atoms with Crippen molar-refractivity contribution >= 4 is 16.7 Å². The Morgan fingerprint density at radius 2 is 2.00 bits per heavy atom. The number of hydrogen-bond acceptors (Lipinski definition) is 2. The van der Waals surface area contributed by atoms with E-state index in [1.165, 1.54) is 0 Å². The number of hydrogen-bond donors (Lipinski definition) is 2. The Labute approximate surface area is 107 Å². The van der Waals surface area contributed by atoms with Crippen molar-refractivity contribution in [3.8, 4) is 0 Å². The van der Waals surface area contributed by atoms with Crippen LogP contribution in [0.1, 0.15) is 29.9 Å². The number of benzene rings is 1. The van der Waals surface area contributed by atoms with Gasteiger partial charge in [-0.05, 0) is 18.9 Å². The van der Waals surface area contributed by atoms with Crippen LogP contribution in [0, 0.1) is 18.8 Å². The van der Waals surface area contributed by atoms with E-state index in [2.05, 4.69) is 4.98 Å². The van der Waals surface area contributed by atoms with Crippen LogP contribution in [-0.4, -0.2) is 17.3 Å². The molecule has 1 aromatic heterocycles. The fourth-order valence-corrected chi connectivity index (χ4v) is 2.46. The minimum Gasteiger partial charge on any atom is -0.358 e. The fraction of sp³-hybridized carbons (Fsp3) is 0.400. The molecule has 3 N–H and O–H groups in total. The van der Waals surface area contributed by atoms with Crippen molar-refractivity contribution in [2.75, 3.05) is 6.54 Å². The van der Waals surface area contributed by atoms with Crippen molar-refractivity contribution in [2.24, 2.45) is 17.6 Å². The van der Waals surface area contributed by atoms with E-state index >= 15 is 0 Å². The average molecular weight is 244 g/mol. The third-order valence-corrected chi connectivity index (χ3v) is 3.54. The highest BCUT2D eigenvalue weighted by molar-refractivity contribution is 6.10. The number of Topliss-reactive ketones (excluding diaryl/α,β-unsaturated/α-hetero) is 1. The molecule has 1 atom stereocenters. The molecule has 0 bridgehead atoms. The van der Waals surface area contributed by atoms with Gasteiger partial charge in [0.25, 0.3) is 0 Å². The van der Waals surface area contributed by atoms with Gasteiger partial charge in [-0.25, -0.2) is 0 Å². The third-order valence-electron chi connectivity index (χ3n) is 3.54. The van der Waals surface area contributed by atoms with Crippen molar-refractivity contribution in [1.82, 2.24) is 4.98 Å². The summed E-state index contributed by atoms with van der Waals surface area (Å²) in [5, 5.41) is 0.999. The van der Waals surface area contributed by atoms with Gasteiger partial charge >= 0.3 is 0 Å². The standard InChI is InChI=1S/C15H20N2O/c1-9(2)12(8-16)15(18)14-10(3)17-13-7-5-4-6-11(13)14/h4-7,9,12,17H,8,16H2,1-3H3. The van der Waals surface area contributed by atoms with Crippen molar-refractivity contribution in [1.29, 1.82) is 0 Å². The zero-order valence-electron chi connectivity index (χ0n) is 11.2. The van der Waals surface area contributed by atoms with Gasteiger partial charge in [-0.1, -0.05) is 32.0 Å². The number of nitrogens with one attached hydrogen (secondary N) is 1. The Morgan fingerprint density at radius 1 is 1.33 bits per heavy atom. The van der Waals surface area contributed by atoms with Gasteiger partial charge < -0.3 is 10.7 Å². The Bertz CT molecular complexity index is 569. The molecule has 2 aromatic rings. The lowest BCUT2D eigenvalue weighted by Crippen LogP contribution is -2.28. The summed E-state index contributed by atoms with van der Waals surface area (Å²) in [6.45, 7) is 6.43. The number of para-hydroxylation sites is 1. The quantitative estimate of drug-likeness (QED) is 0.812. The Balaban J connectivity index is 2.53. The molecule has 0 radical (unpaired) electrons. The third kappa shape index (κ3) is 2.06. The van der Waals surface area contributed by atoms with E-state index in [-0.39, 0.29) is 17.6 Å². The van der Waals surface area contributed by atoms with Crippen LogP contribution in [0.4, 0.5) is 0 Å². The molecule has 3 nitrogen and oxygen atoms in total. The topological polar surface area (TPSA) is 58.9 Å². The molecule has 0 aliphatic rings. The summed E-state index contributed by atoms with van der Waals surface area (Å²) in [5.74, 6) is 0.306. The maximum atomic E-state index is 12.6. The van der Waals surface area contributed by atoms with E-state index in [1.54, 1.807) is 0 Å². The average Bonchev–Trinajstić information content (AvgIpc) is 2.64. The van der Waals surface area contributed by atoms with E-state index in [9.17, 15) is 4.79 Å². The highest BCUT2D eigenvalue weighted by Crippen LogP contribution is 2.26. The Morgan fingerprint density at radius 3 is 2.61 bits per heavy atom. The van der Waals surface area contributed by atoms with Crippen molar-refractivity contribution < 1.29 is 4.79 Å². The van der Waals surface area contributed by atoms with E-state index in [1.807, 2.05) is 45.0 Å². The van der Waals surface area contributed by atoms with Gasteiger partial charge in [-0.3, -0.25) is 4.79 Å². The number of nitrogens with two attached hydrogens (primary N) is 1. The van der Waals surface area contributed by atoms with Gasteiger partial charge in [0.2, 0.25) is 0 Å². The summed E-state index contributed by atoms with van der Waals surface area (Å²) in [5.41, 5.74) is 8.49. The molecule has 2 rings (SSSR count). The number of aromatic amines is 1. The Kier molecular flexibility index (Phi) is 3.53. The largest absolute Gasteiger partial charge is 0.358 e. The summed E-state index contributed by atoms with van der Waals surface area (Å²) in [6, 6.07) is 7.90. The smallest absolute Gasteiger partial charge is 0.169 e. The number of rotatable bonds is 4. The highest BCUT2D eigenvalue weighted by atomic mass is 16.1. The van der Waals surface area contributed by atoms with Crippen molar-refractivity contribution in [2.45, 2.75) is 20.8 Å². The molecule has 0 spiro atoms. The van der Waals surface area contributed by atoms with Gasteiger partial charge in [0.05, 0.1) is 0 Å². The SMILES string of the molecule is Cc1[nH]c2ccccc2c1C(=O)C(CN)C(C)C. The summed E-state index contributed by atoms with van der Waals surface area (Å²) in [6.07, 6.45) is 0. The number of aromatic nitrogens is 1. The highest BCUT2D eigenvalue weighted by Gasteiger charge is 2.25. The van der Waals surface area contributed by atoms with E-state index < -0.39 is 0 Å². The van der Waals surface area contributed by atoms with Gasteiger partial charge in [-0.15, -0.1) is 0 Å². The van der Waals surface area contributed by atoms with Crippen LogP contribution in [0.25, 0.3) is 10.9 Å². The number of carbonyl (C=O) groups excluding carboxylic acids is 1. The van der Waals surface area contributed by atoms with Gasteiger partial charge in [0.15, 0.2) is 5.78 Å². The molecule has 0 fully saturated rings. The number of fused-ring (bicyclic) bond motifs is 1. The molecule has 1 unspecified atom stereocenters. The predicted molar refractivity (Wildman–Crippen MR) is 74.7 cm³/mol. The van der Waals surface area contributed by atoms with Crippen LogP contribution in [-0.2, 0) is 0 Å². The van der Waals surface area contributed by atoms with E-state index in [0.29, 0.717) is 6.54 Å². The molecular formula is C15H20N2O. The van der Waals surface area contributed by atoms with Crippen LogP contribution in [0.3, 0.4) is 0 Å². The second kappa shape index (κ2) is 4.94. The zero-order valence-corrected chi connectivity index (χ0v) is 11.2. The summed E-state index contributed by atoms with van der Waals surface area (Å²) in [7, 11) is 0. The maximum Gasteiger partial charge on any atom is 0.169 e. The number of ketones is 1. The minimum absolute atomic E-state index is 0.108. The molecule has 96 valence electrons. The van der Waals surface area contributed by atoms with Crippen LogP contribution < -0.4 is 5.73 Å². The Hall–Kier alpha value is -1.61. The van der Waals surface area contributed by atoms with Crippen molar-refractivity contribution in [3.63, 3.8) is 0 Å². The van der Waals surface area contributed by atoms with Crippen LogP contribution in [0.5, 0.6) is 0 Å². The number of carbonyl (C=O) groups is 1. The molecule has 0 aliphatic heterocycles. The zero-order chi connectivity index (χ0) is 13.3. The van der Waals surface area contributed by atoms with Gasteiger partial charge in [0, 0.05) is 34.6 Å². The first-order chi connectivity index (χ1) is 8.56. The molecule has 0 saturated carbocycles. The van der Waals surface area contributed by atoms with Crippen LogP contribution in [0.2, 0.25) is 0 Å². The number of H-pyrrole nitrogens is 1. The van der Waals surface area contributed by atoms with Crippen LogP contribution in [0.15, 0.2) is 24.3 Å². The van der Waals surface area contributed by atoms with E-state index in [0.717, 1.165) is 22.2 Å². The minimum atomic E-state index is -0.108. The predicted octanol–water partition coefficient (Wildman–Crippen LogP) is 2.89. The summed E-state index contributed by atoms with van der Waals surface area (Å²) < 4.78 is 0. The summed E-state index contributed by atoms with van der Waals surface area (Å²) in [4.78, 5) is 15.9. The monoisotopic (exact) mass is 244 g/mol. The lowest BCUT2D eigenvalue weighted by atomic mass is 9.87. The maximum absolute atomic E-state index is 12.6. The van der Waals surface area contributed by atoms with Gasteiger partial charge in [0.1, 0.15) is 0 Å². The molecule has 0 saturated heterocycles. The molecule has 1 heterocycles. The van der Waals surface area contributed by atoms with E-state index in [4.69, 9.17) is 5.73 Å². The second-order valence-corrected chi connectivity index (χ2v) is 5.12. The fourth-order valence-electron chi connectivity index (χ4n) is 2.46. The molecule has 18 heavy (non-hydrogen) atoms. The first-order valence-corrected chi connectivity index (χ1v) is 6.37. The first-order valence-electron chi connectivity index (χ1n) is 6.37. The molecular weight excluding hydrogens is 224 g/mol. The molecule has 0 amide bonds.